The minimum absolute atomic E-state index is 0.130. The van der Waals surface area contributed by atoms with Crippen molar-refractivity contribution in [1.29, 1.82) is 0 Å². The van der Waals surface area contributed by atoms with E-state index >= 15 is 0 Å². The Morgan fingerprint density at radius 3 is 2.20 bits per heavy atom. The van der Waals surface area contributed by atoms with Crippen molar-refractivity contribution in [3.05, 3.63) is 57.6 Å². The van der Waals surface area contributed by atoms with Gasteiger partial charge in [-0.25, -0.2) is 8.78 Å². The van der Waals surface area contributed by atoms with E-state index in [1.807, 2.05) is 0 Å². The van der Waals surface area contributed by atoms with Crippen LogP contribution in [0.2, 0.25) is 10.0 Å². The first kappa shape index (κ1) is 14.6. The normalized spacial score (nSPS) is 10.4. The van der Waals surface area contributed by atoms with Crippen molar-refractivity contribution in [2.45, 2.75) is 0 Å². The molecule has 7 heteroatoms. The van der Waals surface area contributed by atoms with E-state index in [0.29, 0.717) is 6.07 Å². The highest BCUT2D eigenvalue weighted by molar-refractivity contribution is 6.35. The molecule has 0 aromatic heterocycles. The van der Waals surface area contributed by atoms with Gasteiger partial charge in [-0.3, -0.25) is 4.79 Å². The summed E-state index contributed by atoms with van der Waals surface area (Å²) in [6, 6.07) is 5.70. The Bertz CT molecular complexity index is 649. The molecule has 0 saturated carbocycles. The van der Waals surface area contributed by atoms with Gasteiger partial charge in [-0.15, -0.1) is 0 Å². The van der Waals surface area contributed by atoms with E-state index in [-0.39, 0.29) is 27.0 Å². The van der Waals surface area contributed by atoms with Crippen LogP contribution in [0.5, 0.6) is 0 Å². The molecular formula is C13H8Cl2F2N2O. The average molecular weight is 317 g/mol. The average Bonchev–Trinajstić information content (AvgIpc) is 2.32. The summed E-state index contributed by atoms with van der Waals surface area (Å²) in [5.74, 6) is -2.46. The van der Waals surface area contributed by atoms with Crippen molar-refractivity contribution in [3.63, 3.8) is 0 Å². The first-order valence-electron chi connectivity index (χ1n) is 5.39. The molecule has 2 rings (SSSR count). The van der Waals surface area contributed by atoms with Crippen molar-refractivity contribution in [1.82, 2.24) is 0 Å². The van der Waals surface area contributed by atoms with Gasteiger partial charge in [0, 0.05) is 21.7 Å². The maximum absolute atomic E-state index is 13.6. The molecule has 2 aromatic carbocycles. The van der Waals surface area contributed by atoms with E-state index < -0.39 is 17.5 Å². The third-order valence-corrected chi connectivity index (χ3v) is 2.89. The number of nitrogens with two attached hydrogens (primary N) is 1. The molecule has 20 heavy (non-hydrogen) atoms. The number of halogens is 4. The second-order valence-electron chi connectivity index (χ2n) is 3.96. The lowest BCUT2D eigenvalue weighted by atomic mass is 10.2. The quantitative estimate of drug-likeness (QED) is 0.819. The third-order valence-electron chi connectivity index (χ3n) is 2.45. The van der Waals surface area contributed by atoms with E-state index in [4.69, 9.17) is 28.9 Å². The molecule has 0 fully saturated rings. The van der Waals surface area contributed by atoms with Crippen LogP contribution in [-0.2, 0) is 0 Å². The molecule has 1 amide bonds. The fourth-order valence-corrected chi connectivity index (χ4v) is 2.12. The number of benzene rings is 2. The van der Waals surface area contributed by atoms with Gasteiger partial charge in [-0.1, -0.05) is 23.2 Å². The summed E-state index contributed by atoms with van der Waals surface area (Å²) >= 11 is 11.5. The summed E-state index contributed by atoms with van der Waals surface area (Å²) in [6.45, 7) is 0. The number of anilines is 2. The van der Waals surface area contributed by atoms with Crippen molar-refractivity contribution in [2.75, 3.05) is 11.1 Å². The summed E-state index contributed by atoms with van der Waals surface area (Å²) in [5, 5.41) is 2.77. The fraction of sp³-hybridized carbons (Fsp3) is 0. The van der Waals surface area contributed by atoms with Gasteiger partial charge in [0.2, 0.25) is 0 Å². The summed E-state index contributed by atoms with van der Waals surface area (Å²) in [7, 11) is 0. The number of carbonyl (C=O) groups is 1. The summed E-state index contributed by atoms with van der Waals surface area (Å²) < 4.78 is 26.5. The van der Waals surface area contributed by atoms with Gasteiger partial charge in [-0.05, 0) is 24.3 Å². The molecule has 0 spiro atoms. The maximum atomic E-state index is 13.6. The van der Waals surface area contributed by atoms with E-state index in [1.165, 1.54) is 18.2 Å². The van der Waals surface area contributed by atoms with Crippen LogP contribution >= 0.6 is 23.2 Å². The largest absolute Gasteiger partial charge is 0.397 e. The van der Waals surface area contributed by atoms with E-state index in [9.17, 15) is 13.6 Å². The van der Waals surface area contributed by atoms with E-state index in [2.05, 4.69) is 5.32 Å². The monoisotopic (exact) mass is 316 g/mol. The van der Waals surface area contributed by atoms with E-state index in [0.717, 1.165) is 6.07 Å². The Morgan fingerprint density at radius 2 is 1.65 bits per heavy atom. The second-order valence-corrected chi connectivity index (χ2v) is 4.84. The van der Waals surface area contributed by atoms with Crippen LogP contribution in [0.1, 0.15) is 10.4 Å². The molecule has 0 atom stereocenters. The Balaban J connectivity index is 2.32. The molecule has 0 bridgehead atoms. The molecule has 2 aromatic rings. The van der Waals surface area contributed by atoms with Crippen molar-refractivity contribution in [2.24, 2.45) is 0 Å². The molecule has 0 unspecified atom stereocenters. The minimum Gasteiger partial charge on any atom is -0.397 e. The van der Waals surface area contributed by atoms with Crippen LogP contribution in [0.15, 0.2) is 30.3 Å². The highest BCUT2D eigenvalue weighted by atomic mass is 35.5. The number of nitrogens with one attached hydrogen (secondary N) is 1. The van der Waals surface area contributed by atoms with Crippen LogP contribution in [0.3, 0.4) is 0 Å². The number of carbonyl (C=O) groups excluding carboxylic acids is 1. The molecule has 3 nitrogen and oxygen atoms in total. The number of hydrogen-bond acceptors (Lipinski definition) is 2. The first-order chi connectivity index (χ1) is 9.36. The van der Waals surface area contributed by atoms with Crippen LogP contribution in [0.4, 0.5) is 20.2 Å². The SMILES string of the molecule is Nc1cc(F)cc(F)c1NC(=O)c1cc(Cl)cc(Cl)c1. The summed E-state index contributed by atoms with van der Waals surface area (Å²) in [5.41, 5.74) is 5.07. The minimum atomic E-state index is -0.969. The smallest absolute Gasteiger partial charge is 0.255 e. The van der Waals surface area contributed by atoms with Gasteiger partial charge in [0.25, 0.3) is 5.91 Å². The molecule has 0 aliphatic carbocycles. The standard InChI is InChI=1S/C13H8Cl2F2N2O/c14-7-1-6(2-8(15)3-7)13(20)19-12-10(17)4-9(16)5-11(12)18/h1-5H,18H2,(H,19,20). The summed E-state index contributed by atoms with van der Waals surface area (Å²) in [4.78, 5) is 12.0. The predicted molar refractivity (Wildman–Crippen MR) is 75.2 cm³/mol. The highest BCUT2D eigenvalue weighted by Crippen LogP contribution is 2.25. The number of rotatable bonds is 2. The molecule has 104 valence electrons. The maximum Gasteiger partial charge on any atom is 0.255 e. The van der Waals surface area contributed by atoms with Gasteiger partial charge in [0.15, 0.2) is 5.82 Å². The lowest BCUT2D eigenvalue weighted by Crippen LogP contribution is -2.14. The van der Waals surface area contributed by atoms with Gasteiger partial charge < -0.3 is 11.1 Å². The van der Waals surface area contributed by atoms with Crippen LogP contribution in [0.25, 0.3) is 0 Å². The Morgan fingerprint density at radius 1 is 1.05 bits per heavy atom. The first-order valence-corrected chi connectivity index (χ1v) is 6.14. The summed E-state index contributed by atoms with van der Waals surface area (Å²) in [6.07, 6.45) is 0. The van der Waals surface area contributed by atoms with Crippen LogP contribution in [-0.4, -0.2) is 5.91 Å². The van der Waals surface area contributed by atoms with Gasteiger partial charge in [0.05, 0.1) is 5.69 Å². The molecular weight excluding hydrogens is 309 g/mol. The number of nitrogen functional groups attached to an aromatic ring is 1. The molecule has 0 heterocycles. The molecule has 0 saturated heterocycles. The van der Waals surface area contributed by atoms with Gasteiger partial charge in [0.1, 0.15) is 11.5 Å². The molecule has 0 radical (unpaired) electrons. The van der Waals surface area contributed by atoms with Crippen LogP contribution in [0, 0.1) is 11.6 Å². The molecule has 0 aliphatic rings. The lowest BCUT2D eigenvalue weighted by molar-refractivity contribution is 0.102. The topological polar surface area (TPSA) is 55.1 Å². The van der Waals surface area contributed by atoms with Gasteiger partial charge >= 0.3 is 0 Å². The van der Waals surface area contributed by atoms with Crippen molar-refractivity contribution < 1.29 is 13.6 Å². The molecule has 0 aliphatic heterocycles. The van der Waals surface area contributed by atoms with Crippen molar-refractivity contribution >= 4 is 40.5 Å². The van der Waals surface area contributed by atoms with Crippen LogP contribution < -0.4 is 11.1 Å². The zero-order valence-electron chi connectivity index (χ0n) is 9.88. The van der Waals surface area contributed by atoms with E-state index in [1.54, 1.807) is 0 Å². The second kappa shape index (κ2) is 5.64. The lowest BCUT2D eigenvalue weighted by Gasteiger charge is -2.10. The number of hydrogen-bond donors (Lipinski definition) is 2. The zero-order chi connectivity index (χ0) is 14.9. The Kier molecular flexibility index (Phi) is 4.11. The molecule has 3 N–H and O–H groups in total. The van der Waals surface area contributed by atoms with Gasteiger partial charge in [-0.2, -0.15) is 0 Å². The zero-order valence-corrected chi connectivity index (χ0v) is 11.4. The highest BCUT2D eigenvalue weighted by Gasteiger charge is 2.14. The third kappa shape index (κ3) is 3.18. The van der Waals surface area contributed by atoms with Crippen molar-refractivity contribution in [3.8, 4) is 0 Å². The Labute approximate surface area is 123 Å². The number of amides is 1. The Hall–Kier alpha value is -1.85. The fourth-order valence-electron chi connectivity index (χ4n) is 1.60. The predicted octanol–water partition coefficient (Wildman–Crippen LogP) is 4.11.